The van der Waals surface area contributed by atoms with Gasteiger partial charge in [0.1, 0.15) is 24.0 Å². The van der Waals surface area contributed by atoms with Crippen molar-refractivity contribution in [1.29, 1.82) is 0 Å². The van der Waals surface area contributed by atoms with Crippen LogP contribution in [0.5, 0.6) is 11.5 Å². The Kier molecular flexibility index (Phi) is 11.7. The Morgan fingerprint density at radius 2 is 1.00 bits per heavy atom. The van der Waals surface area contributed by atoms with E-state index < -0.39 is 0 Å². The van der Waals surface area contributed by atoms with Crippen molar-refractivity contribution in [2.24, 2.45) is 0 Å². The van der Waals surface area contributed by atoms with Crippen LogP contribution in [0.1, 0.15) is 103 Å². The monoisotopic (exact) mass is 955 g/mol. The maximum Gasteiger partial charge on any atom is 0.137 e. The number of rotatable bonds is 10. The summed E-state index contributed by atoms with van der Waals surface area (Å²) in [5, 5.41) is 2.31. The third-order valence-electron chi connectivity index (χ3n) is 15.4. The van der Waals surface area contributed by atoms with Gasteiger partial charge in [-0.25, -0.2) is 4.98 Å². The molecule has 0 fully saturated rings. The number of ether oxygens (including phenoxy) is 1. The van der Waals surface area contributed by atoms with Gasteiger partial charge in [-0.1, -0.05) is 184 Å². The van der Waals surface area contributed by atoms with Crippen LogP contribution < -0.4 is 14.5 Å². The Morgan fingerprint density at radius 3 is 1.68 bits per heavy atom. The summed E-state index contributed by atoms with van der Waals surface area (Å²) in [6.07, 6.45) is 1.94. The van der Waals surface area contributed by atoms with Gasteiger partial charge in [-0.05, 0) is 128 Å². The van der Waals surface area contributed by atoms with Gasteiger partial charge in [-0.15, -0.1) is 0 Å². The highest BCUT2D eigenvalue weighted by atomic mass is 16.5. The molecule has 3 heterocycles. The number of hydrogen-bond donors (Lipinski definition) is 0. The van der Waals surface area contributed by atoms with E-state index in [1.807, 2.05) is 6.20 Å². The Bertz CT molecular complexity index is 3650. The van der Waals surface area contributed by atoms with Crippen LogP contribution in [-0.4, -0.2) is 16.2 Å². The summed E-state index contributed by atoms with van der Waals surface area (Å²) in [4.78, 5) is 9.98. The third kappa shape index (κ3) is 8.86. The van der Waals surface area contributed by atoms with E-state index in [-0.39, 0.29) is 21.7 Å². The fraction of sp³-hybridized carbons (Fsp3) is 0.221. The van der Waals surface area contributed by atoms with E-state index in [4.69, 9.17) is 9.72 Å². The Balaban J connectivity index is 1.05. The molecule has 0 N–H and O–H groups in total. The summed E-state index contributed by atoms with van der Waals surface area (Å²) >= 11 is 0. The summed E-state index contributed by atoms with van der Waals surface area (Å²) in [5.74, 6) is 2.41. The molecule has 5 heteroatoms. The largest absolute Gasteiger partial charge is 0.457 e. The molecule has 0 spiro atoms. The smallest absolute Gasteiger partial charge is 0.137 e. The van der Waals surface area contributed by atoms with Crippen molar-refractivity contribution in [3.05, 3.63) is 240 Å². The van der Waals surface area contributed by atoms with Crippen LogP contribution in [-0.2, 0) is 21.7 Å². The highest BCUT2D eigenvalue weighted by Gasteiger charge is 2.33. The SMILES string of the molecule is CC(C)(C)c1ccnc(-n2c3ccc(-c4ccccc4)cc3c3ccc(Oc4cc(N5CN(c6cccc(C(C)(C)c7ccccc7)c6)c6cc(C(C)(C)C)ccc65)cc(C(C)(C)c5ccccc5)c4)cc32)c1. The summed E-state index contributed by atoms with van der Waals surface area (Å²) in [6.45, 7) is 23.6. The second-order valence-electron chi connectivity index (χ2n) is 23.1. The molecule has 0 bridgehead atoms. The second kappa shape index (κ2) is 18.0. The summed E-state index contributed by atoms with van der Waals surface area (Å²) in [7, 11) is 0. The number of nitrogens with zero attached hydrogens (tertiary/aromatic N) is 4. The second-order valence-corrected chi connectivity index (χ2v) is 23.1. The van der Waals surface area contributed by atoms with Crippen molar-refractivity contribution >= 4 is 44.6 Å². The molecule has 0 aliphatic carbocycles. The molecular weight excluding hydrogens is 889 g/mol. The predicted molar refractivity (Wildman–Crippen MR) is 307 cm³/mol. The van der Waals surface area contributed by atoms with Crippen molar-refractivity contribution < 1.29 is 4.74 Å². The van der Waals surface area contributed by atoms with Crippen LogP contribution in [0.15, 0.2) is 206 Å². The minimum atomic E-state index is -0.346. The first-order valence-corrected chi connectivity index (χ1v) is 25.8. The van der Waals surface area contributed by atoms with Crippen molar-refractivity contribution in [2.75, 3.05) is 16.5 Å². The van der Waals surface area contributed by atoms with Crippen molar-refractivity contribution in [2.45, 2.75) is 90.9 Å². The van der Waals surface area contributed by atoms with Crippen LogP contribution in [0.4, 0.5) is 22.7 Å². The zero-order chi connectivity index (χ0) is 50.9. The third-order valence-corrected chi connectivity index (χ3v) is 15.4. The molecule has 364 valence electrons. The van der Waals surface area contributed by atoms with Gasteiger partial charge in [0.05, 0.1) is 22.4 Å². The maximum atomic E-state index is 7.20. The molecule has 0 amide bonds. The van der Waals surface area contributed by atoms with Crippen LogP contribution in [0.3, 0.4) is 0 Å². The average Bonchev–Trinajstić information content (AvgIpc) is 3.94. The van der Waals surface area contributed by atoms with Crippen LogP contribution in [0.2, 0.25) is 0 Å². The standard InChI is InChI=1S/C68H66N4O/c1-65(2,3)50-30-34-61-63(41-50)70(54-28-20-27-52(38-54)67(7,8)48-23-16-12-17-24-48)45-71(61)55-39-53(68(9,10)49-25-18-13-19-26-49)40-57(43-55)73-56-31-32-58-59-37-47(46-21-14-11-15-22-46)29-33-60(59)72(62(58)44-56)64-42-51(35-36-69-64)66(4,5)6/h11-44H,45H2,1-10H3. The molecule has 0 unspecified atom stereocenters. The molecular formula is C68H66N4O. The van der Waals surface area contributed by atoms with Gasteiger partial charge in [-0.3, -0.25) is 4.57 Å². The minimum Gasteiger partial charge on any atom is -0.457 e. The summed E-state index contributed by atoms with van der Waals surface area (Å²) in [6, 6.07) is 73.0. The Labute approximate surface area is 432 Å². The summed E-state index contributed by atoms with van der Waals surface area (Å²) < 4.78 is 9.51. The number of pyridine rings is 1. The van der Waals surface area contributed by atoms with Crippen LogP contribution >= 0.6 is 0 Å². The van der Waals surface area contributed by atoms with E-state index in [0.717, 1.165) is 56.4 Å². The molecule has 5 nitrogen and oxygen atoms in total. The Morgan fingerprint density at radius 1 is 0.384 bits per heavy atom. The average molecular weight is 955 g/mol. The van der Waals surface area contributed by atoms with E-state index in [9.17, 15) is 0 Å². The number of hydrogen-bond acceptors (Lipinski definition) is 4. The predicted octanol–water partition coefficient (Wildman–Crippen LogP) is 18.1. The molecule has 10 aromatic rings. The van der Waals surface area contributed by atoms with Crippen molar-refractivity contribution in [1.82, 2.24) is 9.55 Å². The molecule has 2 aromatic heterocycles. The van der Waals surface area contributed by atoms with Gasteiger partial charge >= 0.3 is 0 Å². The van der Waals surface area contributed by atoms with Crippen molar-refractivity contribution in [3.63, 3.8) is 0 Å². The van der Waals surface area contributed by atoms with Gasteiger partial charge in [0.2, 0.25) is 0 Å². The number of fused-ring (bicyclic) bond motifs is 4. The van der Waals surface area contributed by atoms with E-state index in [1.54, 1.807) is 0 Å². The lowest BCUT2D eigenvalue weighted by Gasteiger charge is -2.30. The molecule has 0 radical (unpaired) electrons. The first kappa shape index (κ1) is 47.4. The lowest BCUT2D eigenvalue weighted by molar-refractivity contribution is 0.480. The fourth-order valence-corrected chi connectivity index (χ4v) is 10.7. The number of benzene rings is 8. The lowest BCUT2D eigenvalue weighted by Crippen LogP contribution is -2.26. The molecule has 0 atom stereocenters. The van der Waals surface area contributed by atoms with Gasteiger partial charge < -0.3 is 14.5 Å². The van der Waals surface area contributed by atoms with Gasteiger partial charge in [0, 0.05) is 51.3 Å². The maximum absolute atomic E-state index is 7.20. The highest BCUT2D eigenvalue weighted by molar-refractivity contribution is 6.10. The zero-order valence-corrected chi connectivity index (χ0v) is 44.0. The molecule has 8 aromatic carbocycles. The lowest BCUT2D eigenvalue weighted by atomic mass is 9.78. The Hall–Kier alpha value is -7.89. The van der Waals surface area contributed by atoms with Crippen LogP contribution in [0, 0.1) is 0 Å². The van der Waals surface area contributed by atoms with Gasteiger partial charge in [-0.2, -0.15) is 0 Å². The normalized spacial score (nSPS) is 13.2. The summed E-state index contributed by atoms with van der Waals surface area (Å²) in [5.41, 5.74) is 15.9. The fourth-order valence-electron chi connectivity index (χ4n) is 10.7. The van der Waals surface area contributed by atoms with E-state index in [2.05, 4.69) is 284 Å². The quantitative estimate of drug-likeness (QED) is 0.137. The molecule has 1 aliphatic heterocycles. The zero-order valence-electron chi connectivity index (χ0n) is 44.0. The molecule has 0 saturated carbocycles. The topological polar surface area (TPSA) is 33.5 Å². The van der Waals surface area contributed by atoms with Gasteiger partial charge in [0.25, 0.3) is 0 Å². The first-order valence-electron chi connectivity index (χ1n) is 25.8. The highest BCUT2D eigenvalue weighted by Crippen LogP contribution is 2.49. The van der Waals surface area contributed by atoms with E-state index in [1.165, 1.54) is 50.0 Å². The molecule has 1 aliphatic rings. The minimum absolute atomic E-state index is 0.0334. The molecule has 73 heavy (non-hydrogen) atoms. The number of anilines is 4. The van der Waals surface area contributed by atoms with Crippen LogP contribution in [0.25, 0.3) is 38.8 Å². The van der Waals surface area contributed by atoms with E-state index in [0.29, 0.717) is 6.67 Å². The van der Waals surface area contributed by atoms with Gasteiger partial charge in [0.15, 0.2) is 0 Å². The van der Waals surface area contributed by atoms with E-state index >= 15 is 0 Å². The van der Waals surface area contributed by atoms with Crippen molar-refractivity contribution in [3.8, 4) is 28.4 Å². The molecule has 0 saturated heterocycles. The molecule has 11 rings (SSSR count). The first-order chi connectivity index (χ1) is 34.9. The number of aromatic nitrogens is 2.